The normalized spacial score (nSPS) is 10.9. The highest BCUT2D eigenvalue weighted by molar-refractivity contribution is 14.0. The molecule has 7 heteroatoms. The molecule has 0 aliphatic carbocycles. The summed E-state index contributed by atoms with van der Waals surface area (Å²) in [6.07, 6.45) is 4.40. The first-order valence-corrected chi connectivity index (χ1v) is 9.44. The predicted molar refractivity (Wildman–Crippen MR) is 114 cm³/mol. The van der Waals surface area contributed by atoms with Gasteiger partial charge in [-0.15, -0.1) is 24.0 Å². The molecule has 0 amide bonds. The number of hydrogen-bond donors (Lipinski definition) is 1. The topological polar surface area (TPSA) is 36.9 Å². The van der Waals surface area contributed by atoms with E-state index in [0.717, 1.165) is 25.5 Å². The lowest BCUT2D eigenvalue weighted by molar-refractivity contribution is 0.270. The van der Waals surface area contributed by atoms with E-state index in [0.29, 0.717) is 18.9 Å². The molecule has 0 aliphatic heterocycles. The van der Waals surface area contributed by atoms with Gasteiger partial charge in [0.25, 0.3) is 0 Å². The molecular formula is C17H29FIN3OS. The SMILES string of the molecule is CCNC(=NCCCCSC)N(C)CCOc1ccccc1F.I. The Kier molecular flexibility index (Phi) is 14.2. The average Bonchev–Trinajstić information content (AvgIpc) is 2.55. The number of likely N-dealkylation sites (N-methyl/N-ethyl adjacent to an activating group) is 1. The van der Waals surface area contributed by atoms with Crippen LogP contribution in [-0.2, 0) is 0 Å². The van der Waals surface area contributed by atoms with Gasteiger partial charge in [0, 0.05) is 20.1 Å². The largest absolute Gasteiger partial charge is 0.489 e. The second kappa shape index (κ2) is 14.6. The van der Waals surface area contributed by atoms with Crippen molar-refractivity contribution in [2.24, 2.45) is 4.99 Å². The Balaban J connectivity index is 0.00000529. The van der Waals surface area contributed by atoms with Crippen molar-refractivity contribution in [1.29, 1.82) is 0 Å². The number of halogens is 2. The molecule has 0 atom stereocenters. The molecule has 0 bridgehead atoms. The maximum absolute atomic E-state index is 13.5. The first kappa shape index (κ1) is 23.3. The van der Waals surface area contributed by atoms with Crippen LogP contribution in [-0.4, -0.2) is 56.2 Å². The number of nitrogens with zero attached hydrogens (tertiary/aromatic N) is 2. The van der Waals surface area contributed by atoms with Crippen molar-refractivity contribution in [3.8, 4) is 5.75 Å². The van der Waals surface area contributed by atoms with Crippen LogP contribution in [0.2, 0.25) is 0 Å². The van der Waals surface area contributed by atoms with Crippen molar-refractivity contribution in [1.82, 2.24) is 10.2 Å². The minimum absolute atomic E-state index is 0. The Labute approximate surface area is 166 Å². The second-order valence-corrected chi connectivity index (χ2v) is 6.12. The van der Waals surface area contributed by atoms with Gasteiger partial charge in [0.05, 0.1) is 6.54 Å². The van der Waals surface area contributed by atoms with Gasteiger partial charge in [-0.1, -0.05) is 12.1 Å². The van der Waals surface area contributed by atoms with Gasteiger partial charge in [0.1, 0.15) is 6.61 Å². The predicted octanol–water partition coefficient (Wildman–Crippen LogP) is 3.86. The van der Waals surface area contributed by atoms with E-state index in [9.17, 15) is 4.39 Å². The van der Waals surface area contributed by atoms with E-state index in [4.69, 9.17) is 4.74 Å². The second-order valence-electron chi connectivity index (χ2n) is 5.14. The number of para-hydroxylation sites is 1. The highest BCUT2D eigenvalue weighted by atomic mass is 127. The van der Waals surface area contributed by atoms with Gasteiger partial charge in [0.15, 0.2) is 17.5 Å². The zero-order valence-corrected chi connectivity index (χ0v) is 17.9. The van der Waals surface area contributed by atoms with Crippen LogP contribution in [0.1, 0.15) is 19.8 Å². The lowest BCUT2D eigenvalue weighted by atomic mass is 10.3. The summed E-state index contributed by atoms with van der Waals surface area (Å²) in [6.45, 7) is 4.75. The Hall–Kier alpha value is -0.700. The van der Waals surface area contributed by atoms with Crippen LogP contribution in [0.15, 0.2) is 29.3 Å². The summed E-state index contributed by atoms with van der Waals surface area (Å²) in [5.74, 6) is 2.01. The molecule has 0 spiro atoms. The molecule has 0 heterocycles. The van der Waals surface area contributed by atoms with E-state index in [-0.39, 0.29) is 29.8 Å². The molecule has 1 rings (SSSR count). The summed E-state index contributed by atoms with van der Waals surface area (Å²) >= 11 is 1.87. The van der Waals surface area contributed by atoms with Crippen LogP contribution >= 0.6 is 35.7 Å². The van der Waals surface area contributed by atoms with Gasteiger partial charge in [-0.25, -0.2) is 4.39 Å². The van der Waals surface area contributed by atoms with Crippen molar-refractivity contribution in [3.63, 3.8) is 0 Å². The number of nitrogens with one attached hydrogen (secondary N) is 1. The van der Waals surface area contributed by atoms with E-state index in [1.165, 1.54) is 18.2 Å². The van der Waals surface area contributed by atoms with Crippen molar-refractivity contribution in [2.75, 3.05) is 45.3 Å². The number of benzene rings is 1. The molecule has 0 saturated carbocycles. The molecule has 1 N–H and O–H groups in total. The van der Waals surface area contributed by atoms with Crippen LogP contribution in [0.3, 0.4) is 0 Å². The average molecular weight is 469 g/mol. The van der Waals surface area contributed by atoms with Crippen molar-refractivity contribution < 1.29 is 9.13 Å². The maximum Gasteiger partial charge on any atom is 0.193 e. The molecule has 0 saturated heterocycles. The molecule has 138 valence electrons. The Morgan fingerprint density at radius 1 is 1.33 bits per heavy atom. The van der Waals surface area contributed by atoms with Gasteiger partial charge < -0.3 is 15.0 Å². The van der Waals surface area contributed by atoms with Crippen LogP contribution in [0.4, 0.5) is 4.39 Å². The van der Waals surface area contributed by atoms with E-state index in [1.807, 2.05) is 30.6 Å². The lowest BCUT2D eigenvalue weighted by Gasteiger charge is -2.22. The molecule has 0 unspecified atom stereocenters. The van der Waals surface area contributed by atoms with Crippen molar-refractivity contribution in [2.45, 2.75) is 19.8 Å². The van der Waals surface area contributed by atoms with E-state index in [2.05, 4.69) is 16.6 Å². The number of unbranched alkanes of at least 4 members (excludes halogenated alkanes) is 1. The Morgan fingerprint density at radius 2 is 2.08 bits per heavy atom. The highest BCUT2D eigenvalue weighted by Gasteiger charge is 2.07. The van der Waals surface area contributed by atoms with E-state index < -0.39 is 0 Å². The third-order valence-corrected chi connectivity index (χ3v) is 3.93. The molecule has 1 aromatic carbocycles. The third kappa shape index (κ3) is 9.56. The van der Waals surface area contributed by atoms with E-state index >= 15 is 0 Å². The Morgan fingerprint density at radius 3 is 2.75 bits per heavy atom. The number of rotatable bonds is 10. The fraction of sp³-hybridized carbons (Fsp3) is 0.588. The van der Waals surface area contributed by atoms with E-state index in [1.54, 1.807) is 18.2 Å². The first-order valence-electron chi connectivity index (χ1n) is 8.04. The molecule has 0 fully saturated rings. The monoisotopic (exact) mass is 469 g/mol. The van der Waals surface area contributed by atoms with Gasteiger partial charge in [-0.05, 0) is 43.9 Å². The summed E-state index contributed by atoms with van der Waals surface area (Å²) < 4.78 is 19.0. The zero-order chi connectivity index (χ0) is 16.9. The summed E-state index contributed by atoms with van der Waals surface area (Å²) in [6, 6.07) is 6.46. The van der Waals surface area contributed by atoms with Crippen LogP contribution < -0.4 is 10.1 Å². The van der Waals surface area contributed by atoms with Crippen LogP contribution in [0.5, 0.6) is 5.75 Å². The quantitative estimate of drug-likeness (QED) is 0.245. The number of hydrogen-bond acceptors (Lipinski definition) is 3. The number of guanidine groups is 1. The van der Waals surface area contributed by atoms with Crippen LogP contribution in [0.25, 0.3) is 0 Å². The standard InChI is InChI=1S/C17H28FN3OS.HI/c1-4-19-17(20-11-7-8-14-23-3)21(2)12-13-22-16-10-6-5-9-15(16)18;/h5-6,9-10H,4,7-8,11-14H2,1-3H3,(H,19,20);1H. The molecule has 24 heavy (non-hydrogen) atoms. The van der Waals surface area contributed by atoms with Crippen molar-refractivity contribution in [3.05, 3.63) is 30.1 Å². The lowest BCUT2D eigenvalue weighted by Crippen LogP contribution is -2.41. The highest BCUT2D eigenvalue weighted by Crippen LogP contribution is 2.14. The fourth-order valence-corrected chi connectivity index (χ4v) is 2.47. The fourth-order valence-electron chi connectivity index (χ4n) is 1.97. The van der Waals surface area contributed by atoms with Gasteiger partial charge in [-0.3, -0.25) is 4.99 Å². The zero-order valence-electron chi connectivity index (χ0n) is 14.8. The Bertz CT molecular complexity index is 477. The number of aliphatic imine (C=N–C) groups is 1. The molecule has 0 aliphatic rings. The van der Waals surface area contributed by atoms with Crippen molar-refractivity contribution >= 4 is 41.7 Å². The summed E-state index contributed by atoms with van der Waals surface area (Å²) in [5.41, 5.74) is 0. The maximum atomic E-state index is 13.5. The summed E-state index contributed by atoms with van der Waals surface area (Å²) in [5, 5.41) is 3.27. The molecule has 0 aromatic heterocycles. The molecular weight excluding hydrogens is 440 g/mol. The minimum Gasteiger partial charge on any atom is -0.489 e. The first-order chi connectivity index (χ1) is 11.2. The smallest absolute Gasteiger partial charge is 0.193 e. The summed E-state index contributed by atoms with van der Waals surface area (Å²) in [7, 11) is 1.97. The van der Waals surface area contributed by atoms with Gasteiger partial charge in [0.2, 0.25) is 0 Å². The van der Waals surface area contributed by atoms with Gasteiger partial charge in [-0.2, -0.15) is 11.8 Å². The van der Waals surface area contributed by atoms with Crippen LogP contribution in [0, 0.1) is 5.82 Å². The third-order valence-electron chi connectivity index (χ3n) is 3.24. The van der Waals surface area contributed by atoms with Gasteiger partial charge >= 0.3 is 0 Å². The molecule has 0 radical (unpaired) electrons. The molecule has 1 aromatic rings. The molecule has 4 nitrogen and oxygen atoms in total. The summed E-state index contributed by atoms with van der Waals surface area (Å²) in [4.78, 5) is 6.63. The minimum atomic E-state index is -0.329. The number of thioether (sulfide) groups is 1. The number of ether oxygens (including phenoxy) is 1.